The van der Waals surface area contributed by atoms with Gasteiger partial charge in [0.25, 0.3) is 0 Å². The van der Waals surface area contributed by atoms with Crippen LogP contribution in [-0.4, -0.2) is 42.4 Å². The van der Waals surface area contributed by atoms with E-state index < -0.39 is 0 Å². The van der Waals surface area contributed by atoms with Crippen LogP contribution < -0.4 is 4.74 Å². The van der Waals surface area contributed by atoms with Gasteiger partial charge in [-0.1, -0.05) is 18.2 Å². The maximum atomic E-state index is 6.15. The fraction of sp³-hybridized carbons (Fsp3) is 0.500. The molecule has 1 aromatic heterocycles. The number of methoxy groups -OCH3 is 1. The van der Waals surface area contributed by atoms with Crippen molar-refractivity contribution in [1.82, 2.24) is 9.47 Å². The lowest BCUT2D eigenvalue weighted by molar-refractivity contribution is -0.0440. The topological polar surface area (TPSA) is 26.6 Å². The summed E-state index contributed by atoms with van der Waals surface area (Å²) in [7, 11) is 1.77. The Kier molecular flexibility index (Phi) is 2.50. The zero-order valence-electron chi connectivity index (χ0n) is 14.0. The van der Waals surface area contributed by atoms with Crippen LogP contribution in [0.1, 0.15) is 30.1 Å². The SMILES string of the molecule is COc1cccc2c3c4n(c12)C=CC12CCOC1CCN(CC3)C42. The van der Waals surface area contributed by atoms with E-state index in [1.54, 1.807) is 7.11 Å². The minimum Gasteiger partial charge on any atom is -0.495 e. The van der Waals surface area contributed by atoms with E-state index in [9.17, 15) is 0 Å². The van der Waals surface area contributed by atoms with E-state index >= 15 is 0 Å². The van der Waals surface area contributed by atoms with E-state index in [4.69, 9.17) is 9.47 Å². The highest BCUT2D eigenvalue weighted by atomic mass is 16.5. The molecule has 0 aliphatic carbocycles. The van der Waals surface area contributed by atoms with Crippen molar-refractivity contribution < 1.29 is 9.47 Å². The predicted octanol–water partition coefficient (Wildman–Crippen LogP) is 3.21. The molecule has 5 heterocycles. The number of benzene rings is 1. The van der Waals surface area contributed by atoms with Crippen molar-refractivity contribution in [2.75, 3.05) is 26.8 Å². The first-order valence-electron chi connectivity index (χ1n) is 9.08. The predicted molar refractivity (Wildman–Crippen MR) is 93.2 cm³/mol. The Morgan fingerprint density at radius 1 is 1.29 bits per heavy atom. The number of nitrogens with zero attached hydrogens (tertiary/aromatic N) is 2. The average molecular weight is 322 g/mol. The van der Waals surface area contributed by atoms with Gasteiger partial charge in [-0.2, -0.15) is 0 Å². The van der Waals surface area contributed by atoms with Gasteiger partial charge in [0.2, 0.25) is 0 Å². The summed E-state index contributed by atoms with van der Waals surface area (Å²) in [5.74, 6) is 0.976. The molecule has 3 unspecified atom stereocenters. The number of rotatable bonds is 1. The molecule has 4 aliphatic rings. The third-order valence-corrected chi connectivity index (χ3v) is 6.80. The van der Waals surface area contributed by atoms with E-state index in [2.05, 4.69) is 39.9 Å². The molecule has 2 aromatic rings. The smallest absolute Gasteiger partial charge is 0.143 e. The second-order valence-corrected chi connectivity index (χ2v) is 7.60. The summed E-state index contributed by atoms with van der Waals surface area (Å²) in [6.45, 7) is 3.22. The summed E-state index contributed by atoms with van der Waals surface area (Å²) in [4.78, 5) is 2.71. The van der Waals surface area contributed by atoms with Crippen molar-refractivity contribution in [1.29, 1.82) is 0 Å². The maximum absolute atomic E-state index is 6.15. The molecular formula is C20H22N2O2. The van der Waals surface area contributed by atoms with Crippen LogP contribution in [0.4, 0.5) is 0 Å². The van der Waals surface area contributed by atoms with Gasteiger partial charge in [0, 0.05) is 42.4 Å². The Morgan fingerprint density at radius 3 is 3.17 bits per heavy atom. The molecule has 4 heteroatoms. The molecule has 2 fully saturated rings. The molecule has 4 aliphatic heterocycles. The van der Waals surface area contributed by atoms with Gasteiger partial charge in [-0.3, -0.25) is 4.90 Å². The lowest BCUT2D eigenvalue weighted by atomic mass is 9.66. The van der Waals surface area contributed by atoms with Gasteiger partial charge in [0.1, 0.15) is 5.75 Å². The molecule has 0 amide bonds. The number of ether oxygens (including phenoxy) is 2. The first-order chi connectivity index (χ1) is 11.8. The van der Waals surface area contributed by atoms with Gasteiger partial charge in [0.15, 0.2) is 0 Å². The molecule has 2 saturated heterocycles. The van der Waals surface area contributed by atoms with Crippen molar-refractivity contribution in [2.24, 2.45) is 5.41 Å². The summed E-state index contributed by atoms with van der Waals surface area (Å²) >= 11 is 0. The standard InChI is InChI=1S/C20H22N2O2/c1-23-15-4-2-3-13-14-5-9-21-10-6-16-20(8-12-24-16)7-11-22(17(13)15)18(14)19(20)21/h2-4,7,11,16,19H,5-6,8-10,12H2,1H3. The average Bonchev–Trinajstić information content (AvgIpc) is 3.19. The Morgan fingerprint density at radius 2 is 2.25 bits per heavy atom. The summed E-state index contributed by atoms with van der Waals surface area (Å²) in [5.41, 5.74) is 4.43. The summed E-state index contributed by atoms with van der Waals surface area (Å²) in [6, 6.07) is 6.93. The highest BCUT2D eigenvalue weighted by molar-refractivity contribution is 5.93. The molecule has 0 N–H and O–H groups in total. The van der Waals surface area contributed by atoms with Gasteiger partial charge in [-0.05, 0) is 30.9 Å². The quantitative estimate of drug-likeness (QED) is 0.806. The van der Waals surface area contributed by atoms with Crippen LogP contribution in [-0.2, 0) is 11.2 Å². The first kappa shape index (κ1) is 13.5. The molecule has 124 valence electrons. The molecule has 3 atom stereocenters. The Hall–Kier alpha value is -1.78. The third kappa shape index (κ3) is 1.39. The molecule has 4 nitrogen and oxygen atoms in total. The first-order valence-corrected chi connectivity index (χ1v) is 9.08. The molecule has 0 bridgehead atoms. The van der Waals surface area contributed by atoms with Crippen molar-refractivity contribution in [3.63, 3.8) is 0 Å². The second-order valence-electron chi connectivity index (χ2n) is 7.60. The Labute approximate surface area is 141 Å². The van der Waals surface area contributed by atoms with Crippen LogP contribution in [0.15, 0.2) is 24.3 Å². The van der Waals surface area contributed by atoms with Crippen LogP contribution in [0, 0.1) is 5.41 Å². The van der Waals surface area contributed by atoms with Crippen molar-refractivity contribution in [2.45, 2.75) is 31.4 Å². The van der Waals surface area contributed by atoms with Gasteiger partial charge in [0.05, 0.1) is 24.8 Å². The van der Waals surface area contributed by atoms with Gasteiger partial charge >= 0.3 is 0 Å². The minimum absolute atomic E-state index is 0.172. The monoisotopic (exact) mass is 322 g/mol. The van der Waals surface area contributed by atoms with E-state index in [-0.39, 0.29) is 5.41 Å². The highest BCUT2D eigenvalue weighted by Crippen LogP contribution is 2.58. The van der Waals surface area contributed by atoms with E-state index in [1.165, 1.54) is 28.6 Å². The second kappa shape index (κ2) is 4.44. The fourth-order valence-electron chi connectivity index (χ4n) is 5.83. The van der Waals surface area contributed by atoms with Crippen LogP contribution in [0.2, 0.25) is 0 Å². The maximum Gasteiger partial charge on any atom is 0.143 e. The largest absolute Gasteiger partial charge is 0.495 e. The van der Waals surface area contributed by atoms with Crippen LogP contribution in [0.3, 0.4) is 0 Å². The zero-order chi connectivity index (χ0) is 15.9. The lowest BCUT2D eigenvalue weighted by Crippen LogP contribution is -2.54. The number of fused-ring (bicyclic) bond motifs is 3. The normalized spacial score (nSPS) is 33.5. The minimum atomic E-state index is 0.172. The van der Waals surface area contributed by atoms with Crippen molar-refractivity contribution >= 4 is 17.1 Å². The highest BCUT2D eigenvalue weighted by Gasteiger charge is 2.57. The number of hydrogen-bond acceptors (Lipinski definition) is 3. The number of hydrogen-bond donors (Lipinski definition) is 0. The zero-order valence-corrected chi connectivity index (χ0v) is 14.0. The van der Waals surface area contributed by atoms with E-state index in [0.29, 0.717) is 12.1 Å². The summed E-state index contributed by atoms with van der Waals surface area (Å²) in [6.07, 6.45) is 8.59. The Balaban J connectivity index is 1.70. The number of piperidine rings is 1. The van der Waals surface area contributed by atoms with Crippen molar-refractivity contribution in [3.8, 4) is 5.75 Å². The van der Waals surface area contributed by atoms with Gasteiger partial charge in [-0.15, -0.1) is 0 Å². The molecule has 6 rings (SSSR count). The molecule has 1 spiro atoms. The van der Waals surface area contributed by atoms with Crippen LogP contribution >= 0.6 is 0 Å². The Bertz CT molecular complexity index is 883. The fourth-order valence-corrected chi connectivity index (χ4v) is 5.83. The lowest BCUT2D eigenvalue weighted by Gasteiger charge is -2.53. The molecule has 0 saturated carbocycles. The van der Waals surface area contributed by atoms with Crippen LogP contribution in [0.25, 0.3) is 17.1 Å². The summed E-state index contributed by atoms with van der Waals surface area (Å²) < 4.78 is 14.3. The van der Waals surface area contributed by atoms with E-state index in [1.807, 2.05) is 0 Å². The van der Waals surface area contributed by atoms with E-state index in [0.717, 1.165) is 38.3 Å². The number of aromatic nitrogens is 1. The molecular weight excluding hydrogens is 300 g/mol. The summed E-state index contributed by atoms with van der Waals surface area (Å²) in [5, 5.41) is 1.37. The third-order valence-electron chi connectivity index (χ3n) is 6.80. The molecule has 1 aromatic carbocycles. The number of para-hydroxylation sites is 1. The van der Waals surface area contributed by atoms with Gasteiger partial charge in [-0.25, -0.2) is 0 Å². The molecule has 0 radical (unpaired) electrons. The van der Waals surface area contributed by atoms with Crippen LogP contribution in [0.5, 0.6) is 5.75 Å². The van der Waals surface area contributed by atoms with Crippen molar-refractivity contribution in [3.05, 3.63) is 35.5 Å². The molecule has 24 heavy (non-hydrogen) atoms. The van der Waals surface area contributed by atoms with Gasteiger partial charge < -0.3 is 14.0 Å².